The van der Waals surface area contributed by atoms with Crippen LogP contribution in [-0.4, -0.2) is 30.0 Å². The number of anilines is 2. The van der Waals surface area contributed by atoms with E-state index in [4.69, 9.17) is 11.6 Å². The number of nitrogens with zero attached hydrogens (tertiary/aromatic N) is 3. The summed E-state index contributed by atoms with van der Waals surface area (Å²) >= 11 is 6.00. The van der Waals surface area contributed by atoms with Crippen molar-refractivity contribution in [2.24, 2.45) is 13.0 Å². The number of aromatic nitrogens is 1. The van der Waals surface area contributed by atoms with E-state index in [0.29, 0.717) is 17.3 Å². The molecule has 1 atom stereocenters. The molecule has 1 aliphatic heterocycles. The zero-order valence-electron chi connectivity index (χ0n) is 13.3. The van der Waals surface area contributed by atoms with Crippen LogP contribution >= 0.6 is 11.6 Å². The average Bonchev–Trinajstić information content (AvgIpc) is 2.84. The van der Waals surface area contributed by atoms with Crippen molar-refractivity contribution in [1.29, 1.82) is 0 Å². The SMILES string of the molecule is CC1CN(C(=O)c2cc(Cl)cn2C)c2ccccc2N(C)C1=O. The van der Waals surface area contributed by atoms with Gasteiger partial charge in [0.25, 0.3) is 5.91 Å². The highest BCUT2D eigenvalue weighted by atomic mass is 35.5. The summed E-state index contributed by atoms with van der Waals surface area (Å²) < 4.78 is 1.70. The van der Waals surface area contributed by atoms with Gasteiger partial charge in [-0.15, -0.1) is 0 Å². The summed E-state index contributed by atoms with van der Waals surface area (Å²) in [5, 5.41) is 0.514. The van der Waals surface area contributed by atoms with Gasteiger partial charge in [-0.25, -0.2) is 0 Å². The number of aryl methyl sites for hydroxylation is 1. The molecule has 2 amide bonds. The molecule has 0 aliphatic carbocycles. The van der Waals surface area contributed by atoms with Gasteiger partial charge in [-0.3, -0.25) is 9.59 Å². The highest BCUT2D eigenvalue weighted by Gasteiger charge is 2.33. The van der Waals surface area contributed by atoms with Gasteiger partial charge in [-0.2, -0.15) is 0 Å². The molecule has 0 radical (unpaired) electrons. The van der Waals surface area contributed by atoms with Gasteiger partial charge in [0.1, 0.15) is 5.69 Å². The molecule has 1 aromatic carbocycles. The van der Waals surface area contributed by atoms with Crippen molar-refractivity contribution in [3.8, 4) is 0 Å². The molecule has 1 aliphatic rings. The summed E-state index contributed by atoms with van der Waals surface area (Å²) in [5.74, 6) is -0.452. The van der Waals surface area contributed by atoms with Gasteiger partial charge in [-0.1, -0.05) is 30.7 Å². The second kappa shape index (κ2) is 5.74. The molecule has 0 spiro atoms. The average molecular weight is 332 g/mol. The van der Waals surface area contributed by atoms with Crippen molar-refractivity contribution >= 4 is 34.8 Å². The van der Waals surface area contributed by atoms with Crippen LogP contribution in [0.15, 0.2) is 36.5 Å². The van der Waals surface area contributed by atoms with E-state index in [0.717, 1.165) is 11.4 Å². The molecule has 0 N–H and O–H groups in total. The topological polar surface area (TPSA) is 45.6 Å². The maximum atomic E-state index is 13.0. The number of carbonyl (C=O) groups is 2. The Labute approximate surface area is 140 Å². The number of rotatable bonds is 1. The number of benzene rings is 1. The highest BCUT2D eigenvalue weighted by Crippen LogP contribution is 2.34. The van der Waals surface area contributed by atoms with Crippen LogP contribution in [0.4, 0.5) is 11.4 Å². The Morgan fingerprint density at radius 3 is 2.48 bits per heavy atom. The number of carbonyl (C=O) groups excluding carboxylic acids is 2. The van der Waals surface area contributed by atoms with Crippen molar-refractivity contribution in [3.05, 3.63) is 47.2 Å². The van der Waals surface area contributed by atoms with Crippen LogP contribution in [0.25, 0.3) is 0 Å². The smallest absolute Gasteiger partial charge is 0.275 e. The Balaban J connectivity index is 2.11. The Hall–Kier alpha value is -2.27. The van der Waals surface area contributed by atoms with Crippen LogP contribution in [0.3, 0.4) is 0 Å². The van der Waals surface area contributed by atoms with Gasteiger partial charge >= 0.3 is 0 Å². The van der Waals surface area contributed by atoms with Crippen LogP contribution in [-0.2, 0) is 11.8 Å². The molecular weight excluding hydrogens is 314 g/mol. The van der Waals surface area contributed by atoms with Gasteiger partial charge in [0, 0.05) is 26.8 Å². The first-order valence-corrected chi connectivity index (χ1v) is 7.78. The van der Waals surface area contributed by atoms with E-state index in [1.165, 1.54) is 0 Å². The fourth-order valence-electron chi connectivity index (χ4n) is 2.94. The van der Waals surface area contributed by atoms with Crippen molar-refractivity contribution in [1.82, 2.24) is 4.57 Å². The van der Waals surface area contributed by atoms with Crippen molar-refractivity contribution in [2.75, 3.05) is 23.4 Å². The third-order valence-electron chi connectivity index (χ3n) is 4.18. The molecular formula is C17H18ClN3O2. The number of fused-ring (bicyclic) bond motifs is 1. The number of hydrogen-bond acceptors (Lipinski definition) is 2. The molecule has 0 saturated carbocycles. The molecule has 0 fully saturated rings. The molecule has 1 aromatic heterocycles. The van der Waals surface area contributed by atoms with Crippen molar-refractivity contribution in [3.63, 3.8) is 0 Å². The van der Waals surface area contributed by atoms with E-state index in [9.17, 15) is 9.59 Å². The summed E-state index contributed by atoms with van der Waals surface area (Å²) in [6, 6.07) is 9.09. The van der Waals surface area contributed by atoms with E-state index in [1.807, 2.05) is 31.2 Å². The molecule has 5 nitrogen and oxygen atoms in total. The monoisotopic (exact) mass is 331 g/mol. The summed E-state index contributed by atoms with van der Waals surface area (Å²) in [5.41, 5.74) is 1.96. The minimum Gasteiger partial charge on any atom is -0.345 e. The van der Waals surface area contributed by atoms with Crippen LogP contribution in [0.2, 0.25) is 5.02 Å². The fraction of sp³-hybridized carbons (Fsp3) is 0.294. The Morgan fingerprint density at radius 1 is 1.22 bits per heavy atom. The maximum absolute atomic E-state index is 13.0. The van der Waals surface area contributed by atoms with E-state index in [1.54, 1.807) is 40.7 Å². The third-order valence-corrected chi connectivity index (χ3v) is 4.39. The first-order valence-electron chi connectivity index (χ1n) is 7.40. The van der Waals surface area contributed by atoms with Crippen LogP contribution in [0.1, 0.15) is 17.4 Å². The van der Waals surface area contributed by atoms with Gasteiger partial charge in [0.15, 0.2) is 0 Å². The van der Waals surface area contributed by atoms with Crippen LogP contribution in [0, 0.1) is 5.92 Å². The highest BCUT2D eigenvalue weighted by molar-refractivity contribution is 6.31. The minimum absolute atomic E-state index is 0.00216. The Bertz CT molecular complexity index is 784. The second-order valence-electron chi connectivity index (χ2n) is 5.86. The molecule has 0 saturated heterocycles. The molecule has 120 valence electrons. The molecule has 23 heavy (non-hydrogen) atoms. The number of hydrogen-bond donors (Lipinski definition) is 0. The van der Waals surface area contributed by atoms with E-state index >= 15 is 0 Å². The summed E-state index contributed by atoms with van der Waals surface area (Å²) in [6.07, 6.45) is 1.69. The molecule has 2 aromatic rings. The minimum atomic E-state index is -0.285. The van der Waals surface area contributed by atoms with E-state index < -0.39 is 0 Å². The molecule has 2 heterocycles. The lowest BCUT2D eigenvalue weighted by atomic mass is 10.1. The van der Waals surface area contributed by atoms with Gasteiger partial charge < -0.3 is 14.4 Å². The van der Waals surface area contributed by atoms with Gasteiger partial charge in [0.2, 0.25) is 5.91 Å². The molecule has 0 bridgehead atoms. The molecule has 6 heteroatoms. The predicted molar refractivity (Wildman–Crippen MR) is 91.1 cm³/mol. The number of halogens is 1. The fourth-order valence-corrected chi connectivity index (χ4v) is 3.19. The lowest BCUT2D eigenvalue weighted by Crippen LogP contribution is -2.37. The van der Waals surface area contributed by atoms with Crippen molar-refractivity contribution < 1.29 is 9.59 Å². The summed E-state index contributed by atoms with van der Waals surface area (Å²) in [4.78, 5) is 28.7. The zero-order valence-corrected chi connectivity index (χ0v) is 14.0. The molecule has 3 rings (SSSR count). The standard InChI is InChI=1S/C17H18ClN3O2/c1-11-9-21(17(23)15-8-12(18)10-19(15)2)14-7-5-4-6-13(14)20(3)16(11)22/h4-8,10-11H,9H2,1-3H3. The van der Waals surface area contributed by atoms with Gasteiger partial charge in [0.05, 0.1) is 22.3 Å². The maximum Gasteiger partial charge on any atom is 0.275 e. The number of para-hydroxylation sites is 2. The second-order valence-corrected chi connectivity index (χ2v) is 6.29. The third kappa shape index (κ3) is 2.61. The number of amides is 2. The normalized spacial score (nSPS) is 17.9. The van der Waals surface area contributed by atoms with Crippen LogP contribution < -0.4 is 9.80 Å². The largest absolute Gasteiger partial charge is 0.345 e. The lowest BCUT2D eigenvalue weighted by molar-refractivity contribution is -0.121. The summed E-state index contributed by atoms with van der Waals surface area (Å²) in [6.45, 7) is 2.17. The summed E-state index contributed by atoms with van der Waals surface area (Å²) in [7, 11) is 3.52. The first-order chi connectivity index (χ1) is 10.9. The van der Waals surface area contributed by atoms with Crippen molar-refractivity contribution in [2.45, 2.75) is 6.92 Å². The van der Waals surface area contributed by atoms with Gasteiger partial charge in [-0.05, 0) is 18.2 Å². The quantitative estimate of drug-likeness (QED) is 0.806. The first kappa shape index (κ1) is 15.6. The lowest BCUT2D eigenvalue weighted by Gasteiger charge is -2.24. The Morgan fingerprint density at radius 2 is 1.87 bits per heavy atom. The molecule has 1 unspecified atom stereocenters. The predicted octanol–water partition coefficient (Wildman–Crippen LogP) is 2.94. The van der Waals surface area contributed by atoms with E-state index in [2.05, 4.69) is 0 Å². The Kier molecular flexibility index (Phi) is 3.90. The zero-order chi connectivity index (χ0) is 16.7. The van der Waals surface area contributed by atoms with E-state index in [-0.39, 0.29) is 17.7 Å². The van der Waals surface area contributed by atoms with Crippen LogP contribution in [0.5, 0.6) is 0 Å².